The molecule has 0 atom stereocenters. The van der Waals surface area contributed by atoms with Crippen LogP contribution in [0.1, 0.15) is 18.7 Å². The molecule has 0 aliphatic carbocycles. The second-order valence-electron chi connectivity index (χ2n) is 7.40. The number of carbonyl (C=O) groups excluding carboxylic acids is 1. The standard InChI is InChI=1S/C27H26N2O3/c30-26(16-9-17-27-29-20-25(32-27)22-12-5-2-6-13-22)28-18-19-31-24-15-8-7-14-23(24)21-10-3-1-4-11-21/h1-8,10-15,20H,9,16-19H2,(H,28,30). The predicted octanol–water partition coefficient (Wildman–Crippen LogP) is 5.53. The number of carbonyl (C=O) groups is 1. The van der Waals surface area contributed by atoms with Gasteiger partial charge in [-0.1, -0.05) is 78.9 Å². The van der Waals surface area contributed by atoms with Crippen LogP contribution in [0, 0.1) is 0 Å². The van der Waals surface area contributed by atoms with E-state index < -0.39 is 0 Å². The third-order valence-electron chi connectivity index (χ3n) is 5.06. The number of amides is 1. The van der Waals surface area contributed by atoms with Crippen LogP contribution in [-0.2, 0) is 11.2 Å². The first-order valence-electron chi connectivity index (χ1n) is 10.8. The number of aryl methyl sites for hydroxylation is 1. The van der Waals surface area contributed by atoms with Gasteiger partial charge in [-0.15, -0.1) is 0 Å². The van der Waals surface area contributed by atoms with E-state index in [2.05, 4.69) is 22.4 Å². The van der Waals surface area contributed by atoms with Gasteiger partial charge >= 0.3 is 0 Å². The number of nitrogens with one attached hydrogen (secondary N) is 1. The van der Waals surface area contributed by atoms with Crippen LogP contribution in [-0.4, -0.2) is 24.0 Å². The summed E-state index contributed by atoms with van der Waals surface area (Å²) >= 11 is 0. The molecule has 1 N–H and O–H groups in total. The Morgan fingerprint density at radius 2 is 1.56 bits per heavy atom. The van der Waals surface area contributed by atoms with Gasteiger partial charge in [0.2, 0.25) is 5.91 Å². The van der Waals surface area contributed by atoms with Crippen molar-refractivity contribution in [2.75, 3.05) is 13.2 Å². The summed E-state index contributed by atoms with van der Waals surface area (Å²) in [6, 6.07) is 27.9. The van der Waals surface area contributed by atoms with Crippen molar-refractivity contribution in [2.45, 2.75) is 19.3 Å². The van der Waals surface area contributed by atoms with Gasteiger partial charge in [0.1, 0.15) is 12.4 Å². The number of hydrogen-bond donors (Lipinski definition) is 1. The second kappa shape index (κ2) is 11.0. The molecule has 0 bridgehead atoms. The third-order valence-corrected chi connectivity index (χ3v) is 5.06. The molecule has 5 heteroatoms. The van der Waals surface area contributed by atoms with Crippen molar-refractivity contribution >= 4 is 5.91 Å². The Bertz CT molecular complexity index is 1120. The van der Waals surface area contributed by atoms with Gasteiger partial charge in [-0.05, 0) is 18.1 Å². The van der Waals surface area contributed by atoms with E-state index in [1.54, 1.807) is 6.20 Å². The molecule has 0 aliphatic heterocycles. The highest BCUT2D eigenvalue weighted by molar-refractivity contribution is 5.75. The molecule has 1 aromatic heterocycles. The number of rotatable bonds is 10. The summed E-state index contributed by atoms with van der Waals surface area (Å²) in [7, 11) is 0. The molecule has 4 rings (SSSR count). The van der Waals surface area contributed by atoms with Crippen molar-refractivity contribution in [2.24, 2.45) is 0 Å². The molecule has 0 spiro atoms. The maximum atomic E-state index is 12.1. The quantitative estimate of drug-likeness (QED) is 0.339. The minimum atomic E-state index is -0.000200. The van der Waals surface area contributed by atoms with Crippen molar-refractivity contribution in [3.8, 4) is 28.2 Å². The second-order valence-corrected chi connectivity index (χ2v) is 7.40. The van der Waals surface area contributed by atoms with Crippen LogP contribution in [0.5, 0.6) is 5.75 Å². The summed E-state index contributed by atoms with van der Waals surface area (Å²) < 4.78 is 11.7. The van der Waals surface area contributed by atoms with Gasteiger partial charge in [0, 0.05) is 24.0 Å². The van der Waals surface area contributed by atoms with Gasteiger partial charge in [0.15, 0.2) is 11.7 Å². The van der Waals surface area contributed by atoms with Gasteiger partial charge in [-0.2, -0.15) is 0 Å². The largest absolute Gasteiger partial charge is 0.491 e. The third kappa shape index (κ3) is 5.85. The summed E-state index contributed by atoms with van der Waals surface area (Å²) in [5, 5.41) is 2.91. The SMILES string of the molecule is O=C(CCCc1ncc(-c2ccccc2)o1)NCCOc1ccccc1-c1ccccc1. The zero-order valence-electron chi connectivity index (χ0n) is 17.9. The molecule has 0 saturated carbocycles. The molecule has 0 unspecified atom stereocenters. The zero-order chi connectivity index (χ0) is 22.0. The summed E-state index contributed by atoms with van der Waals surface area (Å²) in [5.41, 5.74) is 3.15. The fourth-order valence-electron chi connectivity index (χ4n) is 3.45. The number of hydrogen-bond acceptors (Lipinski definition) is 4. The number of para-hydroxylation sites is 1. The van der Waals surface area contributed by atoms with Crippen LogP contribution in [0.2, 0.25) is 0 Å². The molecule has 0 fully saturated rings. The first kappa shape index (κ1) is 21.4. The lowest BCUT2D eigenvalue weighted by molar-refractivity contribution is -0.121. The Kier molecular flexibility index (Phi) is 7.32. The van der Waals surface area contributed by atoms with E-state index in [-0.39, 0.29) is 5.91 Å². The van der Waals surface area contributed by atoms with E-state index in [1.165, 1.54) is 0 Å². The van der Waals surface area contributed by atoms with Crippen LogP contribution in [0.25, 0.3) is 22.5 Å². The molecule has 0 radical (unpaired) electrons. The van der Waals surface area contributed by atoms with Crippen molar-refractivity contribution in [3.05, 3.63) is 97.0 Å². The van der Waals surface area contributed by atoms with Gasteiger partial charge in [-0.25, -0.2) is 4.98 Å². The smallest absolute Gasteiger partial charge is 0.220 e. The highest BCUT2D eigenvalue weighted by Gasteiger charge is 2.08. The van der Waals surface area contributed by atoms with E-state index in [0.717, 1.165) is 28.2 Å². The Labute approximate surface area is 188 Å². The van der Waals surface area contributed by atoms with Crippen LogP contribution in [0.15, 0.2) is 95.5 Å². The lowest BCUT2D eigenvalue weighted by atomic mass is 10.1. The molecule has 3 aromatic carbocycles. The number of ether oxygens (including phenoxy) is 1. The van der Waals surface area contributed by atoms with Gasteiger partial charge in [0.25, 0.3) is 0 Å². The Hall–Kier alpha value is -3.86. The molecule has 0 aliphatic rings. The Morgan fingerprint density at radius 1 is 0.875 bits per heavy atom. The summed E-state index contributed by atoms with van der Waals surface area (Å²) in [6.07, 6.45) is 3.46. The number of nitrogens with zero attached hydrogens (tertiary/aromatic N) is 1. The topological polar surface area (TPSA) is 64.4 Å². The van der Waals surface area contributed by atoms with E-state index >= 15 is 0 Å². The highest BCUT2D eigenvalue weighted by atomic mass is 16.5. The van der Waals surface area contributed by atoms with E-state index in [1.807, 2.05) is 72.8 Å². The minimum absolute atomic E-state index is 0.000200. The van der Waals surface area contributed by atoms with E-state index in [4.69, 9.17) is 9.15 Å². The molecule has 1 amide bonds. The molecule has 4 aromatic rings. The fourth-order valence-corrected chi connectivity index (χ4v) is 3.45. The van der Waals surface area contributed by atoms with Gasteiger partial charge in [0.05, 0.1) is 12.7 Å². The lowest BCUT2D eigenvalue weighted by Crippen LogP contribution is -2.28. The summed E-state index contributed by atoms with van der Waals surface area (Å²) in [4.78, 5) is 16.5. The van der Waals surface area contributed by atoms with E-state index in [9.17, 15) is 4.79 Å². The molecule has 1 heterocycles. The number of benzene rings is 3. The molecule has 0 saturated heterocycles. The van der Waals surface area contributed by atoms with Gasteiger partial charge in [-0.3, -0.25) is 4.79 Å². The molecular formula is C27H26N2O3. The van der Waals surface area contributed by atoms with Crippen molar-refractivity contribution in [1.29, 1.82) is 0 Å². The first-order chi connectivity index (χ1) is 15.8. The normalized spacial score (nSPS) is 10.6. The highest BCUT2D eigenvalue weighted by Crippen LogP contribution is 2.29. The molecule has 162 valence electrons. The summed E-state index contributed by atoms with van der Waals surface area (Å²) in [5.74, 6) is 2.21. The van der Waals surface area contributed by atoms with Crippen LogP contribution >= 0.6 is 0 Å². The fraction of sp³-hybridized carbons (Fsp3) is 0.185. The average Bonchev–Trinajstić information content (AvgIpc) is 3.32. The minimum Gasteiger partial charge on any atom is -0.491 e. The number of oxazole rings is 1. The van der Waals surface area contributed by atoms with Crippen LogP contribution in [0.4, 0.5) is 0 Å². The summed E-state index contributed by atoms with van der Waals surface area (Å²) in [6.45, 7) is 0.870. The van der Waals surface area contributed by atoms with Crippen molar-refractivity contribution in [3.63, 3.8) is 0 Å². The number of aromatic nitrogens is 1. The van der Waals surface area contributed by atoms with Crippen LogP contribution in [0.3, 0.4) is 0 Å². The maximum absolute atomic E-state index is 12.1. The predicted molar refractivity (Wildman–Crippen MR) is 125 cm³/mol. The first-order valence-corrected chi connectivity index (χ1v) is 10.8. The Balaban J connectivity index is 1.17. The molecule has 32 heavy (non-hydrogen) atoms. The molecule has 5 nitrogen and oxygen atoms in total. The van der Waals surface area contributed by atoms with E-state index in [0.29, 0.717) is 38.3 Å². The average molecular weight is 427 g/mol. The van der Waals surface area contributed by atoms with Crippen LogP contribution < -0.4 is 10.1 Å². The molecular weight excluding hydrogens is 400 g/mol. The zero-order valence-corrected chi connectivity index (χ0v) is 17.9. The van der Waals surface area contributed by atoms with Crippen molar-refractivity contribution < 1.29 is 13.9 Å². The lowest BCUT2D eigenvalue weighted by Gasteiger charge is -2.12. The maximum Gasteiger partial charge on any atom is 0.220 e. The van der Waals surface area contributed by atoms with Gasteiger partial charge < -0.3 is 14.5 Å². The van der Waals surface area contributed by atoms with Crippen molar-refractivity contribution in [1.82, 2.24) is 10.3 Å². The monoisotopic (exact) mass is 426 g/mol. The Morgan fingerprint density at radius 3 is 2.34 bits per heavy atom.